The molecular formula is C52H48N4. The number of nitrogens with zero attached hydrogens (tertiary/aromatic N) is 4. The molecule has 2 aliphatic heterocycles. The van der Waals surface area contributed by atoms with Crippen molar-refractivity contribution in [3.05, 3.63) is 190 Å². The van der Waals surface area contributed by atoms with Gasteiger partial charge in [-0.1, -0.05) is 124 Å². The van der Waals surface area contributed by atoms with Crippen molar-refractivity contribution in [3.63, 3.8) is 0 Å². The maximum absolute atomic E-state index is 5.13. The third-order valence-corrected chi connectivity index (χ3v) is 12.6. The van der Waals surface area contributed by atoms with Gasteiger partial charge in [-0.25, -0.2) is 9.97 Å². The Hall–Kier alpha value is -6.00. The molecule has 0 amide bonds. The quantitative estimate of drug-likeness (QED) is 0.177. The van der Waals surface area contributed by atoms with Gasteiger partial charge < -0.3 is 9.80 Å². The summed E-state index contributed by atoms with van der Waals surface area (Å²) in [4.78, 5) is 15.0. The zero-order chi connectivity index (χ0) is 38.0. The van der Waals surface area contributed by atoms with Gasteiger partial charge in [0.1, 0.15) is 11.6 Å². The predicted octanol–water partition coefficient (Wildman–Crippen LogP) is 12.3. The molecule has 0 atom stereocenters. The average molecular weight is 729 g/mol. The topological polar surface area (TPSA) is 32.3 Å². The maximum atomic E-state index is 5.13. The van der Waals surface area contributed by atoms with E-state index in [1.54, 1.807) is 0 Å². The zero-order valence-corrected chi connectivity index (χ0v) is 32.9. The molecular weight excluding hydrogens is 681 g/mol. The second kappa shape index (κ2) is 13.3. The molecule has 7 aromatic rings. The molecule has 10 rings (SSSR count). The first-order valence-corrected chi connectivity index (χ1v) is 20.3. The summed E-state index contributed by atoms with van der Waals surface area (Å²) in [5, 5.41) is 0. The van der Waals surface area contributed by atoms with E-state index in [2.05, 4.69) is 177 Å². The molecule has 0 fully saturated rings. The molecule has 2 aromatic heterocycles. The monoisotopic (exact) mass is 728 g/mol. The molecule has 3 aliphatic rings. The molecule has 56 heavy (non-hydrogen) atoms. The Bertz CT molecular complexity index is 2570. The average Bonchev–Trinajstić information content (AvgIpc) is 3.54. The van der Waals surface area contributed by atoms with Gasteiger partial charge in [0, 0.05) is 42.4 Å². The number of rotatable bonds is 5. The van der Waals surface area contributed by atoms with Crippen LogP contribution in [0.3, 0.4) is 0 Å². The Morgan fingerprint density at radius 1 is 0.554 bits per heavy atom. The molecule has 4 nitrogen and oxygen atoms in total. The van der Waals surface area contributed by atoms with E-state index in [0.717, 1.165) is 50.4 Å². The summed E-state index contributed by atoms with van der Waals surface area (Å²) < 4.78 is 0. The minimum atomic E-state index is -0.523. The molecule has 0 bridgehead atoms. The van der Waals surface area contributed by atoms with Crippen LogP contribution in [-0.2, 0) is 23.7 Å². The van der Waals surface area contributed by atoms with Crippen molar-refractivity contribution < 1.29 is 0 Å². The summed E-state index contributed by atoms with van der Waals surface area (Å²) in [5.41, 5.74) is 17.6. The van der Waals surface area contributed by atoms with Crippen LogP contribution in [0.25, 0.3) is 22.3 Å². The van der Waals surface area contributed by atoms with E-state index in [4.69, 9.17) is 9.97 Å². The number of aromatic nitrogens is 2. The molecule has 1 aliphatic carbocycles. The number of hydrogen-bond acceptors (Lipinski definition) is 4. The van der Waals surface area contributed by atoms with Gasteiger partial charge in [0.15, 0.2) is 0 Å². The Morgan fingerprint density at radius 2 is 1.11 bits per heavy atom. The first-order valence-electron chi connectivity index (χ1n) is 20.3. The van der Waals surface area contributed by atoms with E-state index in [1.165, 1.54) is 78.1 Å². The van der Waals surface area contributed by atoms with Crippen LogP contribution in [0.1, 0.15) is 78.1 Å². The fourth-order valence-corrected chi connectivity index (χ4v) is 9.76. The smallest absolute Gasteiger partial charge is 0.133 e. The van der Waals surface area contributed by atoms with E-state index < -0.39 is 5.41 Å². The first kappa shape index (κ1) is 34.5. The SMILES string of the molecule is Cc1cc(N2CCCc3ccc(C4(c5ccc6c(c5)N(c5cc(C(C)(C)C)ccn5)CCC6)c5ccccc5-c5ccccc54)cc32)ncc1-c1ccccc1. The van der Waals surface area contributed by atoms with Crippen molar-refractivity contribution in [1.82, 2.24) is 9.97 Å². The summed E-state index contributed by atoms with van der Waals surface area (Å²) in [6.07, 6.45) is 8.37. The lowest BCUT2D eigenvalue weighted by Crippen LogP contribution is -2.32. The molecule has 4 heteroatoms. The molecule has 5 aromatic carbocycles. The van der Waals surface area contributed by atoms with Crippen LogP contribution in [0.2, 0.25) is 0 Å². The number of fused-ring (bicyclic) bond motifs is 5. The second-order valence-corrected chi connectivity index (χ2v) is 16.9. The van der Waals surface area contributed by atoms with Crippen LogP contribution < -0.4 is 9.80 Å². The molecule has 0 spiro atoms. The van der Waals surface area contributed by atoms with E-state index in [0.29, 0.717) is 0 Å². The maximum Gasteiger partial charge on any atom is 0.133 e. The fourth-order valence-electron chi connectivity index (χ4n) is 9.76. The third kappa shape index (κ3) is 5.49. The number of pyridine rings is 2. The molecule has 4 heterocycles. The predicted molar refractivity (Wildman–Crippen MR) is 232 cm³/mol. The Balaban J connectivity index is 1.17. The normalized spacial score (nSPS) is 15.5. The summed E-state index contributed by atoms with van der Waals surface area (Å²) in [6.45, 7) is 10.9. The number of anilines is 4. The molecule has 0 N–H and O–H groups in total. The standard InChI is InChI=1S/C52H48N4/c1-35-30-49(54-34-44(35)36-14-6-5-7-15-36)55-28-12-16-37-22-24-40(31-47(37)55)52(45-20-10-8-18-42(45)43-19-9-11-21-46(43)52)41-25-23-38-17-13-29-56(48(38)32-41)50-33-39(26-27-53-50)51(2,3)4/h5-11,14-15,18-27,30-34H,12-13,16-17,28-29H2,1-4H3. The minimum absolute atomic E-state index is 0.0396. The van der Waals surface area contributed by atoms with Crippen LogP contribution in [0, 0.1) is 6.92 Å². The number of hydrogen-bond donors (Lipinski definition) is 0. The van der Waals surface area contributed by atoms with Crippen LogP contribution in [0.5, 0.6) is 0 Å². The Labute approximate surface area is 331 Å². The summed E-state index contributed by atoms with van der Waals surface area (Å²) in [6, 6.07) is 50.2. The van der Waals surface area contributed by atoms with Gasteiger partial charge in [0.05, 0.1) is 5.41 Å². The van der Waals surface area contributed by atoms with Gasteiger partial charge in [0.2, 0.25) is 0 Å². The minimum Gasteiger partial charge on any atom is -0.326 e. The van der Waals surface area contributed by atoms with E-state index in [-0.39, 0.29) is 5.41 Å². The lowest BCUT2D eigenvalue weighted by atomic mass is 9.67. The highest BCUT2D eigenvalue weighted by Gasteiger charge is 2.47. The van der Waals surface area contributed by atoms with Gasteiger partial charge in [-0.2, -0.15) is 0 Å². The summed E-state index contributed by atoms with van der Waals surface area (Å²) >= 11 is 0. The van der Waals surface area contributed by atoms with Crippen LogP contribution in [0.4, 0.5) is 23.0 Å². The van der Waals surface area contributed by atoms with Crippen molar-refractivity contribution in [3.8, 4) is 22.3 Å². The van der Waals surface area contributed by atoms with E-state index >= 15 is 0 Å². The number of aryl methyl sites for hydroxylation is 3. The first-order chi connectivity index (χ1) is 27.3. The highest BCUT2D eigenvalue weighted by atomic mass is 15.2. The van der Waals surface area contributed by atoms with Crippen molar-refractivity contribution in [2.75, 3.05) is 22.9 Å². The fraction of sp³-hybridized carbons (Fsp3) is 0.231. The largest absolute Gasteiger partial charge is 0.326 e. The van der Waals surface area contributed by atoms with Crippen LogP contribution >= 0.6 is 0 Å². The van der Waals surface area contributed by atoms with Gasteiger partial charge >= 0.3 is 0 Å². The molecule has 0 saturated heterocycles. The Kier molecular flexibility index (Phi) is 8.21. The number of benzene rings is 5. The molecule has 0 radical (unpaired) electrons. The summed E-state index contributed by atoms with van der Waals surface area (Å²) in [7, 11) is 0. The highest BCUT2D eigenvalue weighted by Crippen LogP contribution is 2.57. The lowest BCUT2D eigenvalue weighted by molar-refractivity contribution is 0.589. The van der Waals surface area contributed by atoms with E-state index in [9.17, 15) is 0 Å². The molecule has 276 valence electrons. The van der Waals surface area contributed by atoms with Crippen LogP contribution in [0.15, 0.2) is 146 Å². The van der Waals surface area contributed by atoms with Gasteiger partial charge in [-0.3, -0.25) is 0 Å². The van der Waals surface area contributed by atoms with Crippen molar-refractivity contribution in [2.45, 2.75) is 64.2 Å². The van der Waals surface area contributed by atoms with Crippen molar-refractivity contribution in [2.24, 2.45) is 0 Å². The lowest BCUT2D eigenvalue weighted by Gasteiger charge is -2.38. The zero-order valence-electron chi connectivity index (χ0n) is 32.9. The van der Waals surface area contributed by atoms with E-state index in [1.807, 2.05) is 6.20 Å². The van der Waals surface area contributed by atoms with Crippen LogP contribution in [-0.4, -0.2) is 23.1 Å². The highest BCUT2D eigenvalue weighted by molar-refractivity contribution is 5.87. The summed E-state index contributed by atoms with van der Waals surface area (Å²) in [5.74, 6) is 2.04. The molecule has 0 saturated carbocycles. The third-order valence-electron chi connectivity index (χ3n) is 12.6. The van der Waals surface area contributed by atoms with Gasteiger partial charge in [-0.05, 0) is 130 Å². The van der Waals surface area contributed by atoms with Crippen molar-refractivity contribution >= 4 is 23.0 Å². The van der Waals surface area contributed by atoms with Gasteiger partial charge in [-0.15, -0.1) is 0 Å². The second-order valence-electron chi connectivity index (χ2n) is 16.9. The van der Waals surface area contributed by atoms with Crippen molar-refractivity contribution in [1.29, 1.82) is 0 Å². The Morgan fingerprint density at radius 3 is 1.68 bits per heavy atom. The van der Waals surface area contributed by atoms with Gasteiger partial charge in [0.25, 0.3) is 0 Å². The molecule has 0 unspecified atom stereocenters.